The monoisotopic (exact) mass is 407 g/mol. The quantitative estimate of drug-likeness (QED) is 0.258. The zero-order valence-electron chi connectivity index (χ0n) is 13.5. The summed E-state index contributed by atoms with van der Waals surface area (Å²) in [6, 6.07) is 10.1. The standard InChI is InChI=1S/C18H15BrFNO4/c1-24-13-7-8-15(19)16(9-13)21-10-14(18(23)25-2)17(22)11-3-5-12(20)6-4-11/h3-10,21H,1-2H3/b14-10+. The lowest BCUT2D eigenvalue weighted by Crippen LogP contribution is -2.16. The third kappa shape index (κ3) is 4.67. The Hall–Kier alpha value is -2.67. The molecule has 0 radical (unpaired) electrons. The van der Waals surface area contributed by atoms with Crippen LogP contribution in [0, 0.1) is 5.82 Å². The molecule has 130 valence electrons. The van der Waals surface area contributed by atoms with E-state index in [2.05, 4.69) is 26.0 Å². The fraction of sp³-hybridized carbons (Fsp3) is 0.111. The first-order valence-corrected chi connectivity index (χ1v) is 7.94. The molecule has 0 aliphatic rings. The number of ether oxygens (including phenoxy) is 2. The lowest BCUT2D eigenvalue weighted by molar-refractivity contribution is -0.135. The van der Waals surface area contributed by atoms with Gasteiger partial charge in [-0.05, 0) is 52.3 Å². The van der Waals surface area contributed by atoms with Crippen LogP contribution in [0.1, 0.15) is 10.4 Å². The van der Waals surface area contributed by atoms with Crippen LogP contribution < -0.4 is 10.1 Å². The van der Waals surface area contributed by atoms with Crippen LogP contribution in [0.2, 0.25) is 0 Å². The number of ketones is 1. The van der Waals surface area contributed by atoms with Crippen molar-refractivity contribution in [3.63, 3.8) is 0 Å². The van der Waals surface area contributed by atoms with Gasteiger partial charge in [0.15, 0.2) is 0 Å². The highest BCUT2D eigenvalue weighted by Crippen LogP contribution is 2.27. The van der Waals surface area contributed by atoms with Crippen molar-refractivity contribution in [2.24, 2.45) is 0 Å². The fourth-order valence-corrected chi connectivity index (χ4v) is 2.34. The van der Waals surface area contributed by atoms with Crippen LogP contribution in [-0.2, 0) is 9.53 Å². The molecule has 0 amide bonds. The van der Waals surface area contributed by atoms with E-state index in [-0.39, 0.29) is 11.1 Å². The van der Waals surface area contributed by atoms with E-state index in [4.69, 9.17) is 4.74 Å². The Balaban J connectivity index is 2.34. The Bertz CT molecular complexity index is 818. The molecule has 2 aromatic rings. The van der Waals surface area contributed by atoms with Crippen molar-refractivity contribution >= 4 is 33.4 Å². The number of esters is 1. The predicted molar refractivity (Wildman–Crippen MR) is 95.1 cm³/mol. The second kappa shape index (κ2) is 8.43. The maximum atomic E-state index is 13.0. The molecule has 0 heterocycles. The van der Waals surface area contributed by atoms with E-state index in [1.54, 1.807) is 18.2 Å². The van der Waals surface area contributed by atoms with Crippen LogP contribution in [0.3, 0.4) is 0 Å². The average molecular weight is 408 g/mol. The number of carbonyl (C=O) groups is 2. The largest absolute Gasteiger partial charge is 0.497 e. The van der Waals surface area contributed by atoms with Gasteiger partial charge in [0.1, 0.15) is 17.1 Å². The third-order valence-electron chi connectivity index (χ3n) is 3.30. The van der Waals surface area contributed by atoms with Gasteiger partial charge >= 0.3 is 5.97 Å². The highest BCUT2D eigenvalue weighted by molar-refractivity contribution is 9.10. The molecule has 7 heteroatoms. The van der Waals surface area contributed by atoms with Gasteiger partial charge in [0.25, 0.3) is 0 Å². The number of Topliss-reactive ketones (excluding diaryl/α,β-unsaturated/α-hetero) is 1. The minimum atomic E-state index is -0.805. The minimum Gasteiger partial charge on any atom is -0.497 e. The minimum absolute atomic E-state index is 0.171. The molecule has 25 heavy (non-hydrogen) atoms. The number of methoxy groups -OCH3 is 2. The Morgan fingerprint density at radius 3 is 2.40 bits per heavy atom. The predicted octanol–water partition coefficient (Wildman–Crippen LogP) is 3.95. The second-order valence-corrected chi connectivity index (χ2v) is 5.73. The molecule has 5 nitrogen and oxygen atoms in total. The summed E-state index contributed by atoms with van der Waals surface area (Å²) in [5.74, 6) is -1.26. The van der Waals surface area contributed by atoms with Crippen LogP contribution >= 0.6 is 15.9 Å². The number of benzene rings is 2. The topological polar surface area (TPSA) is 64.6 Å². The summed E-state index contributed by atoms with van der Waals surface area (Å²) in [5.41, 5.74) is 0.543. The van der Waals surface area contributed by atoms with Crippen molar-refractivity contribution in [3.8, 4) is 5.75 Å². The first-order chi connectivity index (χ1) is 12.0. The SMILES string of the molecule is COC(=O)/C(=C/Nc1cc(OC)ccc1Br)C(=O)c1ccc(F)cc1. The van der Waals surface area contributed by atoms with E-state index >= 15 is 0 Å². The van der Waals surface area contributed by atoms with Crippen molar-refractivity contribution in [2.45, 2.75) is 0 Å². The molecule has 0 fully saturated rings. The molecule has 0 unspecified atom stereocenters. The van der Waals surface area contributed by atoms with E-state index in [0.29, 0.717) is 15.9 Å². The molecule has 2 aromatic carbocycles. The van der Waals surface area contributed by atoms with Crippen molar-refractivity contribution in [1.82, 2.24) is 0 Å². The number of anilines is 1. The van der Waals surface area contributed by atoms with Gasteiger partial charge in [0.05, 0.1) is 19.9 Å². The summed E-state index contributed by atoms with van der Waals surface area (Å²) in [7, 11) is 2.70. The van der Waals surface area contributed by atoms with E-state index in [1.165, 1.54) is 32.6 Å². The molecule has 0 spiro atoms. The zero-order valence-corrected chi connectivity index (χ0v) is 15.1. The molecular formula is C18H15BrFNO4. The molecule has 0 bridgehead atoms. The van der Waals surface area contributed by atoms with E-state index < -0.39 is 17.6 Å². The molecular weight excluding hydrogens is 393 g/mol. The molecule has 0 atom stereocenters. The molecule has 0 aromatic heterocycles. The molecule has 2 rings (SSSR count). The molecule has 0 saturated carbocycles. The smallest absolute Gasteiger partial charge is 0.343 e. The summed E-state index contributed by atoms with van der Waals surface area (Å²) in [6.07, 6.45) is 1.25. The van der Waals surface area contributed by atoms with Gasteiger partial charge in [0, 0.05) is 22.3 Å². The van der Waals surface area contributed by atoms with Crippen molar-refractivity contribution in [3.05, 3.63) is 70.1 Å². The lowest BCUT2D eigenvalue weighted by atomic mass is 10.0. The van der Waals surface area contributed by atoms with Gasteiger partial charge < -0.3 is 14.8 Å². The lowest BCUT2D eigenvalue weighted by Gasteiger charge is -2.09. The second-order valence-electron chi connectivity index (χ2n) is 4.88. The van der Waals surface area contributed by atoms with E-state index in [9.17, 15) is 14.0 Å². The van der Waals surface area contributed by atoms with Crippen LogP contribution in [0.25, 0.3) is 0 Å². The van der Waals surface area contributed by atoms with Crippen molar-refractivity contribution in [2.75, 3.05) is 19.5 Å². The third-order valence-corrected chi connectivity index (χ3v) is 3.99. The Labute approximate surface area is 152 Å². The number of carbonyl (C=O) groups excluding carboxylic acids is 2. The Morgan fingerprint density at radius 1 is 1.12 bits per heavy atom. The normalized spacial score (nSPS) is 11.0. The van der Waals surface area contributed by atoms with Gasteiger partial charge in [-0.3, -0.25) is 4.79 Å². The van der Waals surface area contributed by atoms with Crippen LogP contribution in [-0.4, -0.2) is 26.0 Å². The number of nitrogens with one attached hydrogen (secondary N) is 1. The van der Waals surface area contributed by atoms with Crippen molar-refractivity contribution in [1.29, 1.82) is 0 Å². The number of hydrogen-bond donors (Lipinski definition) is 1. The maximum absolute atomic E-state index is 13.0. The first kappa shape index (κ1) is 18.7. The van der Waals surface area contributed by atoms with Crippen molar-refractivity contribution < 1.29 is 23.5 Å². The summed E-state index contributed by atoms with van der Waals surface area (Å²) in [4.78, 5) is 24.5. The highest BCUT2D eigenvalue weighted by atomic mass is 79.9. The van der Waals surface area contributed by atoms with Gasteiger partial charge in [0.2, 0.25) is 5.78 Å². The van der Waals surface area contributed by atoms with Crippen LogP contribution in [0.15, 0.2) is 58.7 Å². The first-order valence-electron chi connectivity index (χ1n) is 7.15. The Kier molecular flexibility index (Phi) is 6.30. The van der Waals surface area contributed by atoms with Gasteiger partial charge in [-0.2, -0.15) is 0 Å². The summed E-state index contributed by atoms with van der Waals surface area (Å²) >= 11 is 3.36. The van der Waals surface area contributed by atoms with E-state index in [0.717, 1.165) is 12.1 Å². The number of rotatable bonds is 6. The van der Waals surface area contributed by atoms with Crippen LogP contribution in [0.4, 0.5) is 10.1 Å². The number of halogens is 2. The molecule has 0 aliphatic carbocycles. The number of hydrogen-bond acceptors (Lipinski definition) is 5. The average Bonchev–Trinajstić information content (AvgIpc) is 2.63. The van der Waals surface area contributed by atoms with Gasteiger partial charge in [-0.25, -0.2) is 9.18 Å². The summed E-state index contributed by atoms with van der Waals surface area (Å²) in [6.45, 7) is 0. The summed E-state index contributed by atoms with van der Waals surface area (Å²) in [5, 5.41) is 2.88. The van der Waals surface area contributed by atoms with Gasteiger partial charge in [-0.15, -0.1) is 0 Å². The summed E-state index contributed by atoms with van der Waals surface area (Å²) < 4.78 is 23.5. The molecule has 0 aliphatic heterocycles. The van der Waals surface area contributed by atoms with Crippen LogP contribution in [0.5, 0.6) is 5.75 Å². The maximum Gasteiger partial charge on any atom is 0.343 e. The Morgan fingerprint density at radius 2 is 1.80 bits per heavy atom. The molecule has 0 saturated heterocycles. The van der Waals surface area contributed by atoms with E-state index in [1.807, 2.05) is 0 Å². The zero-order chi connectivity index (χ0) is 18.4. The fourth-order valence-electron chi connectivity index (χ4n) is 1.98. The molecule has 1 N–H and O–H groups in total. The van der Waals surface area contributed by atoms with Gasteiger partial charge in [-0.1, -0.05) is 0 Å². The highest BCUT2D eigenvalue weighted by Gasteiger charge is 2.21.